The molecule has 0 spiro atoms. The molecule has 0 amide bonds. The topological polar surface area (TPSA) is 38.9 Å². The van der Waals surface area contributed by atoms with Crippen LogP contribution in [0.5, 0.6) is 0 Å². The van der Waals surface area contributed by atoms with E-state index >= 15 is 0 Å². The average molecular weight is 228 g/mol. The quantitative estimate of drug-likeness (QED) is 0.867. The first-order chi connectivity index (χ1) is 8.27. The zero-order valence-corrected chi connectivity index (χ0v) is 10.6. The van der Waals surface area contributed by atoms with E-state index in [-0.39, 0.29) is 6.04 Å². The van der Waals surface area contributed by atoms with Gasteiger partial charge in [-0.3, -0.25) is 4.98 Å². The van der Waals surface area contributed by atoms with Crippen molar-refractivity contribution in [2.24, 2.45) is 11.7 Å². The van der Waals surface area contributed by atoms with Gasteiger partial charge in [-0.05, 0) is 17.4 Å². The van der Waals surface area contributed by atoms with E-state index in [1.165, 1.54) is 10.8 Å². The van der Waals surface area contributed by atoms with E-state index in [9.17, 15) is 0 Å². The van der Waals surface area contributed by atoms with Gasteiger partial charge in [-0.1, -0.05) is 51.0 Å². The number of rotatable bonds is 4. The van der Waals surface area contributed by atoms with Crippen molar-refractivity contribution < 1.29 is 0 Å². The van der Waals surface area contributed by atoms with Gasteiger partial charge in [0.05, 0.1) is 11.7 Å². The normalized spacial score (nSPS) is 13.2. The van der Waals surface area contributed by atoms with Crippen molar-refractivity contribution in [1.29, 1.82) is 0 Å². The molecule has 0 aliphatic rings. The summed E-state index contributed by atoms with van der Waals surface area (Å²) in [6.45, 7) is 4.39. The van der Waals surface area contributed by atoms with Crippen LogP contribution in [0.3, 0.4) is 0 Å². The number of nitrogens with two attached hydrogens (primary N) is 1. The first-order valence-corrected chi connectivity index (χ1v) is 6.37. The van der Waals surface area contributed by atoms with Crippen LogP contribution >= 0.6 is 0 Å². The van der Waals surface area contributed by atoms with Crippen LogP contribution in [0.25, 0.3) is 10.8 Å². The number of pyridine rings is 1. The van der Waals surface area contributed by atoms with Gasteiger partial charge < -0.3 is 5.73 Å². The fourth-order valence-electron chi connectivity index (χ4n) is 2.43. The van der Waals surface area contributed by atoms with Gasteiger partial charge in [-0.2, -0.15) is 0 Å². The highest BCUT2D eigenvalue weighted by Crippen LogP contribution is 2.28. The van der Waals surface area contributed by atoms with E-state index < -0.39 is 0 Å². The maximum Gasteiger partial charge on any atom is 0.0651 e. The smallest absolute Gasteiger partial charge is 0.0651 e. The van der Waals surface area contributed by atoms with Gasteiger partial charge in [0.25, 0.3) is 0 Å². The lowest BCUT2D eigenvalue weighted by atomic mass is 9.90. The molecule has 0 bridgehead atoms. The molecule has 2 aromatic rings. The minimum atomic E-state index is 0.0381. The molecule has 2 rings (SSSR count). The van der Waals surface area contributed by atoms with Gasteiger partial charge >= 0.3 is 0 Å². The van der Waals surface area contributed by atoms with Crippen LogP contribution in [0.2, 0.25) is 0 Å². The molecule has 2 nitrogen and oxygen atoms in total. The third-order valence-electron chi connectivity index (χ3n) is 3.58. The Kier molecular flexibility index (Phi) is 3.75. The van der Waals surface area contributed by atoms with Crippen molar-refractivity contribution in [2.75, 3.05) is 0 Å². The highest BCUT2D eigenvalue weighted by molar-refractivity contribution is 5.84. The van der Waals surface area contributed by atoms with Crippen molar-refractivity contribution in [2.45, 2.75) is 32.7 Å². The van der Waals surface area contributed by atoms with Crippen molar-refractivity contribution in [3.05, 3.63) is 42.2 Å². The lowest BCUT2D eigenvalue weighted by Gasteiger charge is -2.21. The molecule has 90 valence electrons. The van der Waals surface area contributed by atoms with Crippen LogP contribution in [-0.4, -0.2) is 4.98 Å². The molecular formula is C15H20N2. The zero-order chi connectivity index (χ0) is 12.3. The lowest BCUT2D eigenvalue weighted by molar-refractivity contribution is 0.401. The Morgan fingerprint density at radius 2 is 1.82 bits per heavy atom. The number of fused-ring (bicyclic) bond motifs is 1. The van der Waals surface area contributed by atoms with Crippen LogP contribution in [0.15, 0.2) is 36.5 Å². The van der Waals surface area contributed by atoms with E-state index in [1.807, 2.05) is 18.3 Å². The molecular weight excluding hydrogens is 208 g/mol. The van der Waals surface area contributed by atoms with Crippen LogP contribution in [0.1, 0.15) is 38.4 Å². The Labute approximate surface area is 103 Å². The number of hydrogen-bond acceptors (Lipinski definition) is 2. The predicted molar refractivity (Wildman–Crippen MR) is 72.7 cm³/mol. The summed E-state index contributed by atoms with van der Waals surface area (Å²) in [4.78, 5) is 4.50. The molecule has 1 atom stereocenters. The summed E-state index contributed by atoms with van der Waals surface area (Å²) in [6, 6.07) is 10.4. The molecule has 2 heteroatoms. The summed E-state index contributed by atoms with van der Waals surface area (Å²) in [5.74, 6) is 0.508. The first kappa shape index (κ1) is 12.1. The van der Waals surface area contributed by atoms with Crippen LogP contribution in [0, 0.1) is 5.92 Å². The third-order valence-corrected chi connectivity index (χ3v) is 3.58. The summed E-state index contributed by atoms with van der Waals surface area (Å²) >= 11 is 0. The van der Waals surface area contributed by atoms with Crippen molar-refractivity contribution >= 4 is 10.8 Å². The molecule has 1 heterocycles. The Bertz CT molecular complexity index is 484. The number of aromatic nitrogens is 1. The summed E-state index contributed by atoms with van der Waals surface area (Å²) < 4.78 is 0. The molecule has 0 fully saturated rings. The van der Waals surface area contributed by atoms with E-state index in [2.05, 4.69) is 37.0 Å². The predicted octanol–water partition coefficient (Wildman–Crippen LogP) is 3.67. The first-order valence-electron chi connectivity index (χ1n) is 6.37. The van der Waals surface area contributed by atoms with Gasteiger partial charge in [0.1, 0.15) is 0 Å². The maximum atomic E-state index is 6.36. The van der Waals surface area contributed by atoms with E-state index in [0.29, 0.717) is 5.92 Å². The molecule has 0 aliphatic carbocycles. The van der Waals surface area contributed by atoms with Crippen molar-refractivity contribution in [3.63, 3.8) is 0 Å². The molecule has 0 aliphatic heterocycles. The standard InChI is InChI=1S/C15H20N2/c1-3-11(4-2)14(16)15-13-8-6-5-7-12(13)9-10-17-15/h5-11,14H,3-4,16H2,1-2H3. The second-order valence-electron chi connectivity index (χ2n) is 4.52. The summed E-state index contributed by atoms with van der Waals surface area (Å²) in [5.41, 5.74) is 7.40. The van der Waals surface area contributed by atoms with Gasteiger partial charge in [0, 0.05) is 11.6 Å². The lowest BCUT2D eigenvalue weighted by Crippen LogP contribution is -2.21. The van der Waals surface area contributed by atoms with E-state index in [1.54, 1.807) is 0 Å². The van der Waals surface area contributed by atoms with Gasteiger partial charge in [0.2, 0.25) is 0 Å². The van der Waals surface area contributed by atoms with Gasteiger partial charge in [-0.25, -0.2) is 0 Å². The van der Waals surface area contributed by atoms with Gasteiger partial charge in [-0.15, -0.1) is 0 Å². The van der Waals surface area contributed by atoms with E-state index in [0.717, 1.165) is 18.5 Å². The average Bonchev–Trinajstić information content (AvgIpc) is 2.39. The SMILES string of the molecule is CCC(CC)C(N)c1nccc2ccccc12. The second-order valence-corrected chi connectivity index (χ2v) is 4.52. The molecule has 17 heavy (non-hydrogen) atoms. The summed E-state index contributed by atoms with van der Waals surface area (Å²) in [6.07, 6.45) is 4.06. The monoisotopic (exact) mass is 228 g/mol. The van der Waals surface area contributed by atoms with Gasteiger partial charge in [0.15, 0.2) is 0 Å². The Balaban J connectivity index is 2.47. The van der Waals surface area contributed by atoms with Crippen molar-refractivity contribution in [1.82, 2.24) is 4.98 Å². The Morgan fingerprint density at radius 1 is 1.12 bits per heavy atom. The number of benzene rings is 1. The van der Waals surface area contributed by atoms with Crippen LogP contribution in [0.4, 0.5) is 0 Å². The summed E-state index contributed by atoms with van der Waals surface area (Å²) in [5, 5.41) is 2.41. The highest BCUT2D eigenvalue weighted by atomic mass is 14.8. The molecule has 1 aromatic heterocycles. The molecule has 1 unspecified atom stereocenters. The minimum absolute atomic E-state index is 0.0381. The Hall–Kier alpha value is -1.41. The number of hydrogen-bond donors (Lipinski definition) is 1. The summed E-state index contributed by atoms with van der Waals surface area (Å²) in [7, 11) is 0. The minimum Gasteiger partial charge on any atom is -0.322 e. The van der Waals surface area contributed by atoms with Crippen LogP contribution < -0.4 is 5.73 Å². The Morgan fingerprint density at radius 3 is 2.53 bits per heavy atom. The highest BCUT2D eigenvalue weighted by Gasteiger charge is 2.19. The zero-order valence-electron chi connectivity index (χ0n) is 10.6. The fourth-order valence-corrected chi connectivity index (χ4v) is 2.43. The molecule has 0 saturated carbocycles. The molecule has 0 saturated heterocycles. The second kappa shape index (κ2) is 5.28. The maximum absolute atomic E-state index is 6.36. The molecule has 2 N–H and O–H groups in total. The largest absolute Gasteiger partial charge is 0.322 e. The van der Waals surface area contributed by atoms with E-state index in [4.69, 9.17) is 5.73 Å². The third kappa shape index (κ3) is 2.32. The number of nitrogens with zero attached hydrogens (tertiary/aromatic N) is 1. The molecule has 0 radical (unpaired) electrons. The molecule has 1 aromatic carbocycles. The fraction of sp³-hybridized carbons (Fsp3) is 0.400. The van der Waals surface area contributed by atoms with Crippen LogP contribution in [-0.2, 0) is 0 Å². The van der Waals surface area contributed by atoms with Crippen molar-refractivity contribution in [3.8, 4) is 0 Å².